The van der Waals surface area contributed by atoms with Crippen LogP contribution in [0.1, 0.15) is 107 Å². The van der Waals surface area contributed by atoms with Crippen molar-refractivity contribution in [2.75, 3.05) is 13.7 Å². The number of rotatable bonds is 10. The lowest BCUT2D eigenvalue weighted by atomic mass is 9.78. The van der Waals surface area contributed by atoms with Crippen molar-refractivity contribution in [3.8, 4) is 0 Å². The fourth-order valence-electron chi connectivity index (χ4n) is 9.91. The van der Waals surface area contributed by atoms with Gasteiger partial charge in [0, 0.05) is 37.7 Å². The molecule has 5 saturated heterocycles. The van der Waals surface area contributed by atoms with Gasteiger partial charge in [0.05, 0.1) is 66.5 Å². The van der Waals surface area contributed by atoms with Gasteiger partial charge in [-0.3, -0.25) is 4.79 Å². The van der Waals surface area contributed by atoms with E-state index in [0.29, 0.717) is 19.3 Å². The van der Waals surface area contributed by atoms with E-state index in [9.17, 15) is 25.2 Å². The van der Waals surface area contributed by atoms with Crippen molar-refractivity contribution in [1.29, 1.82) is 0 Å². The van der Waals surface area contributed by atoms with Crippen LogP contribution in [0, 0.1) is 35.5 Å². The van der Waals surface area contributed by atoms with Crippen molar-refractivity contribution in [2.45, 2.75) is 172 Å². The number of hydrogen-bond acceptors (Lipinski definition) is 10. The quantitative estimate of drug-likeness (QED) is 0.264. The summed E-state index contributed by atoms with van der Waals surface area (Å²) in [6.07, 6.45) is 2.99. The van der Waals surface area contributed by atoms with Gasteiger partial charge in [-0.25, -0.2) is 0 Å². The van der Waals surface area contributed by atoms with E-state index < -0.39 is 59.6 Å². The monoisotopic (exact) mass is 670 g/mol. The molecular weight excluding hydrogens is 608 g/mol. The topological polar surface area (TPSA) is 153 Å². The van der Waals surface area contributed by atoms with Gasteiger partial charge in [-0.1, -0.05) is 41.5 Å². The number of aliphatic hydroxyl groups excluding tert-OH is 2. The minimum absolute atomic E-state index is 0.153. The number of carboxylic acids is 1. The second kappa shape index (κ2) is 13.7. The van der Waals surface area contributed by atoms with Crippen LogP contribution in [-0.2, 0) is 33.2 Å². The molecule has 11 heteroatoms. The molecule has 5 fully saturated rings. The Bertz CT molecular complexity index is 1110. The molecule has 0 aromatic heterocycles. The van der Waals surface area contributed by atoms with Crippen LogP contribution >= 0.6 is 0 Å². The molecule has 0 aromatic carbocycles. The van der Waals surface area contributed by atoms with E-state index in [1.54, 1.807) is 6.92 Å². The van der Waals surface area contributed by atoms with Gasteiger partial charge in [-0.2, -0.15) is 0 Å². The zero-order valence-corrected chi connectivity index (χ0v) is 30.0. The zero-order valence-electron chi connectivity index (χ0n) is 30.0. The predicted octanol–water partition coefficient (Wildman–Crippen LogP) is 4.27. The molecule has 0 amide bonds. The van der Waals surface area contributed by atoms with Crippen LogP contribution in [0.15, 0.2) is 0 Å². The average Bonchev–Trinajstić information content (AvgIpc) is 3.73. The van der Waals surface area contributed by atoms with Crippen molar-refractivity contribution in [3.63, 3.8) is 0 Å². The normalized spacial score (nSPS) is 50.9. The second-order valence-corrected chi connectivity index (χ2v) is 16.3. The van der Waals surface area contributed by atoms with Gasteiger partial charge in [0.1, 0.15) is 0 Å². The number of carboxylic acid groups (broad SMARTS) is 1. The van der Waals surface area contributed by atoms with E-state index in [0.717, 1.165) is 32.1 Å². The first-order valence-electron chi connectivity index (χ1n) is 18.1. The number of carbonyl (C=O) groups is 1. The Labute approximate surface area is 281 Å². The van der Waals surface area contributed by atoms with Gasteiger partial charge in [0.25, 0.3) is 0 Å². The van der Waals surface area contributed by atoms with Crippen LogP contribution in [-0.4, -0.2) is 106 Å². The predicted molar refractivity (Wildman–Crippen MR) is 172 cm³/mol. The van der Waals surface area contributed by atoms with Crippen molar-refractivity contribution in [3.05, 3.63) is 0 Å². The van der Waals surface area contributed by atoms with Crippen molar-refractivity contribution in [1.82, 2.24) is 0 Å². The fraction of sp³-hybridized carbons (Fsp3) is 0.972. The molecule has 0 unspecified atom stereocenters. The summed E-state index contributed by atoms with van der Waals surface area (Å²) in [4.78, 5) is 11.8. The molecule has 17 atom stereocenters. The number of aliphatic carboxylic acids is 1. The molecular formula is C36H62O11. The molecule has 5 heterocycles. The highest BCUT2D eigenvalue weighted by atomic mass is 16.7. The number of aliphatic hydroxyl groups is 3. The lowest BCUT2D eigenvalue weighted by molar-refractivity contribution is -0.336. The first-order chi connectivity index (χ1) is 22.0. The number of ether oxygens (including phenoxy) is 6. The summed E-state index contributed by atoms with van der Waals surface area (Å²) in [6, 6.07) is 0. The molecule has 0 saturated carbocycles. The van der Waals surface area contributed by atoms with Gasteiger partial charge in [-0.05, 0) is 64.2 Å². The lowest BCUT2D eigenvalue weighted by Crippen LogP contribution is -2.57. The van der Waals surface area contributed by atoms with Crippen LogP contribution in [0.25, 0.3) is 0 Å². The van der Waals surface area contributed by atoms with Gasteiger partial charge < -0.3 is 48.8 Å². The number of methoxy groups -OCH3 is 1. The summed E-state index contributed by atoms with van der Waals surface area (Å²) in [7, 11) is 1.52. The van der Waals surface area contributed by atoms with Gasteiger partial charge in [0.2, 0.25) is 0 Å². The van der Waals surface area contributed by atoms with E-state index >= 15 is 0 Å². The third-order valence-electron chi connectivity index (χ3n) is 13.0. The van der Waals surface area contributed by atoms with Crippen LogP contribution < -0.4 is 0 Å². The minimum atomic E-state index is -1.56. The van der Waals surface area contributed by atoms with E-state index in [4.69, 9.17) is 28.4 Å². The molecule has 4 N–H and O–H groups in total. The average molecular weight is 671 g/mol. The van der Waals surface area contributed by atoms with Gasteiger partial charge in [0.15, 0.2) is 11.6 Å². The van der Waals surface area contributed by atoms with Crippen molar-refractivity contribution >= 4 is 5.97 Å². The molecule has 5 rings (SSSR count). The first kappa shape index (κ1) is 37.4. The second-order valence-electron chi connectivity index (χ2n) is 16.3. The molecule has 5 aliphatic rings. The molecule has 47 heavy (non-hydrogen) atoms. The van der Waals surface area contributed by atoms with E-state index in [-0.39, 0.29) is 54.0 Å². The fourth-order valence-corrected chi connectivity index (χ4v) is 9.91. The largest absolute Gasteiger partial charge is 0.481 e. The summed E-state index contributed by atoms with van der Waals surface area (Å²) in [6.45, 7) is 15.6. The van der Waals surface area contributed by atoms with Crippen LogP contribution in [0.2, 0.25) is 0 Å². The first-order valence-corrected chi connectivity index (χ1v) is 18.1. The Hall–Kier alpha value is -0.890. The minimum Gasteiger partial charge on any atom is -0.481 e. The smallest absolute Gasteiger partial charge is 0.308 e. The third kappa shape index (κ3) is 6.67. The standard InChI is InChI=1S/C36H62O11/c1-10-34(31-20(3)16-26(43-31)28-19(2)15-21(4)36(41,18-37)46-28)12-11-27(44-34)33(8)13-14-35(47-33)17-25(38)22(5)30(45-35)23(6)29(42-9)24(7)32(39)40/h19-31,37-38,41H,10-18H2,1-9H3,(H,39,40)/t19-,20-,21+,22+,23-,24-,25-,26+,27+,28-,29+,30-,31+,33-,34-,35+,36-/m1/s1. The van der Waals surface area contributed by atoms with Crippen molar-refractivity contribution in [2.24, 2.45) is 35.5 Å². The Morgan fingerprint density at radius 3 is 2.34 bits per heavy atom. The Morgan fingerprint density at radius 1 is 1.02 bits per heavy atom. The Morgan fingerprint density at radius 2 is 1.72 bits per heavy atom. The maximum absolute atomic E-state index is 11.8. The third-order valence-corrected chi connectivity index (χ3v) is 13.0. The van der Waals surface area contributed by atoms with Crippen LogP contribution in [0.3, 0.4) is 0 Å². The van der Waals surface area contributed by atoms with Crippen molar-refractivity contribution < 1.29 is 53.6 Å². The summed E-state index contributed by atoms with van der Waals surface area (Å²) < 4.78 is 39.4. The highest BCUT2D eigenvalue weighted by Crippen LogP contribution is 2.55. The molecule has 1 spiro atoms. The molecule has 0 bridgehead atoms. The van der Waals surface area contributed by atoms with E-state index in [2.05, 4.69) is 27.7 Å². The zero-order chi connectivity index (χ0) is 34.7. The SMILES string of the molecule is CC[C@]1([C@H]2O[C@H]([C@@H]3O[C@](O)(CO)[C@@H](C)C[C@H]3C)C[C@H]2C)CC[C@@H]([C@@]2(C)CC[C@@]3(C[C@@H](O)[C@H](C)[C@H]([C@H](C)[C@H](OC)[C@@H](C)C(=O)O)O3)O2)O1. The molecule has 0 radical (unpaired) electrons. The van der Waals surface area contributed by atoms with Crippen LogP contribution in [0.5, 0.6) is 0 Å². The van der Waals surface area contributed by atoms with Gasteiger partial charge in [-0.15, -0.1) is 0 Å². The number of hydrogen-bond donors (Lipinski definition) is 4. The van der Waals surface area contributed by atoms with E-state index in [1.807, 2.05) is 20.8 Å². The molecule has 0 aromatic rings. The lowest BCUT2D eigenvalue weighted by Gasteiger charge is -2.49. The molecule has 0 aliphatic carbocycles. The molecule has 5 aliphatic heterocycles. The highest BCUT2D eigenvalue weighted by molar-refractivity contribution is 5.70. The maximum Gasteiger partial charge on any atom is 0.308 e. The van der Waals surface area contributed by atoms with Crippen LogP contribution in [0.4, 0.5) is 0 Å². The molecule has 272 valence electrons. The van der Waals surface area contributed by atoms with E-state index in [1.165, 1.54) is 7.11 Å². The summed E-state index contributed by atoms with van der Waals surface area (Å²) in [5.74, 6) is -4.52. The summed E-state index contributed by atoms with van der Waals surface area (Å²) in [5.41, 5.74) is -1.15. The molecule has 11 nitrogen and oxygen atoms in total. The Kier molecular flexibility index (Phi) is 10.9. The Balaban J connectivity index is 1.29. The van der Waals surface area contributed by atoms with Gasteiger partial charge >= 0.3 is 5.97 Å². The maximum atomic E-state index is 11.8. The summed E-state index contributed by atoms with van der Waals surface area (Å²) >= 11 is 0. The highest BCUT2D eigenvalue weighted by Gasteiger charge is 2.62. The summed E-state index contributed by atoms with van der Waals surface area (Å²) in [5, 5.41) is 41.8.